The summed E-state index contributed by atoms with van der Waals surface area (Å²) in [7, 11) is 0. The molecule has 2 aliphatic heterocycles. The molecule has 0 saturated carbocycles. The Morgan fingerprint density at radius 2 is 1.90 bits per heavy atom. The van der Waals surface area contributed by atoms with Gasteiger partial charge in [0.15, 0.2) is 0 Å². The molecule has 31 heavy (non-hydrogen) atoms. The topological polar surface area (TPSA) is 115 Å². The highest BCUT2D eigenvalue weighted by atomic mass is 16.5. The first-order valence-corrected chi connectivity index (χ1v) is 10.8. The van der Waals surface area contributed by atoms with Gasteiger partial charge in [-0.1, -0.05) is 6.07 Å². The van der Waals surface area contributed by atoms with Gasteiger partial charge in [-0.3, -0.25) is 14.6 Å². The zero-order chi connectivity index (χ0) is 21.6. The summed E-state index contributed by atoms with van der Waals surface area (Å²) in [6.07, 6.45) is 8.65. The van der Waals surface area contributed by atoms with E-state index in [0.29, 0.717) is 26.1 Å². The van der Waals surface area contributed by atoms with Gasteiger partial charge in [-0.25, -0.2) is 9.97 Å². The fourth-order valence-electron chi connectivity index (χ4n) is 4.12. The standard InChI is InChI=1S/C22H28N6O3/c23-22-25-12-18(13-26-22)16-5-6-19(24-11-16)17-3-1-8-28(14-17)21(30)15-31-10-9-27-7-2-4-20(27)29/h5-6,11-13,17H,1-4,7-10,14-15H2,(H2,23,25,26). The van der Waals surface area contributed by atoms with Gasteiger partial charge < -0.3 is 20.3 Å². The van der Waals surface area contributed by atoms with Crippen molar-refractivity contribution in [3.63, 3.8) is 0 Å². The summed E-state index contributed by atoms with van der Waals surface area (Å²) >= 11 is 0. The highest BCUT2D eigenvalue weighted by Crippen LogP contribution is 2.27. The van der Waals surface area contributed by atoms with E-state index in [0.717, 1.165) is 49.2 Å². The molecule has 4 heterocycles. The molecule has 2 N–H and O–H groups in total. The second-order valence-electron chi connectivity index (χ2n) is 8.02. The zero-order valence-electron chi connectivity index (χ0n) is 17.6. The van der Waals surface area contributed by atoms with E-state index in [1.165, 1.54) is 0 Å². The van der Waals surface area contributed by atoms with Crippen LogP contribution in [-0.2, 0) is 14.3 Å². The van der Waals surface area contributed by atoms with Gasteiger partial charge in [0.1, 0.15) is 6.61 Å². The van der Waals surface area contributed by atoms with Crippen LogP contribution in [0.5, 0.6) is 0 Å². The predicted octanol–water partition coefficient (Wildman–Crippen LogP) is 1.47. The maximum Gasteiger partial charge on any atom is 0.248 e. The SMILES string of the molecule is Nc1ncc(-c2ccc(C3CCCN(C(=O)COCCN4CCCC4=O)C3)nc2)cn1. The van der Waals surface area contributed by atoms with Crippen LogP contribution in [-0.4, -0.2) is 76.0 Å². The molecule has 164 valence electrons. The largest absolute Gasteiger partial charge is 0.370 e. The van der Waals surface area contributed by atoms with E-state index in [1.54, 1.807) is 17.3 Å². The molecule has 1 atom stereocenters. The van der Waals surface area contributed by atoms with Gasteiger partial charge >= 0.3 is 0 Å². The number of hydrogen-bond donors (Lipinski definition) is 1. The quantitative estimate of drug-likeness (QED) is 0.669. The second-order valence-corrected chi connectivity index (χ2v) is 8.02. The molecular formula is C22H28N6O3. The number of nitrogens with zero attached hydrogens (tertiary/aromatic N) is 5. The minimum absolute atomic E-state index is 0.00640. The lowest BCUT2D eigenvalue weighted by Gasteiger charge is -2.32. The lowest BCUT2D eigenvalue weighted by molar-refractivity contribution is -0.137. The summed E-state index contributed by atoms with van der Waals surface area (Å²) in [6, 6.07) is 4.01. The van der Waals surface area contributed by atoms with E-state index in [9.17, 15) is 9.59 Å². The van der Waals surface area contributed by atoms with Gasteiger partial charge in [0.2, 0.25) is 17.8 Å². The number of piperidine rings is 1. The van der Waals surface area contributed by atoms with E-state index >= 15 is 0 Å². The van der Waals surface area contributed by atoms with Crippen LogP contribution in [0.3, 0.4) is 0 Å². The Labute approximate surface area is 181 Å². The number of nitrogen functional groups attached to an aromatic ring is 1. The maximum atomic E-state index is 12.6. The van der Waals surface area contributed by atoms with Crippen LogP contribution in [0.2, 0.25) is 0 Å². The number of ether oxygens (including phenoxy) is 1. The third-order valence-corrected chi connectivity index (χ3v) is 5.89. The molecule has 2 aromatic heterocycles. The van der Waals surface area contributed by atoms with Crippen molar-refractivity contribution in [2.24, 2.45) is 0 Å². The number of likely N-dealkylation sites (tertiary alicyclic amines) is 2. The van der Waals surface area contributed by atoms with E-state index in [2.05, 4.69) is 15.0 Å². The molecule has 9 nitrogen and oxygen atoms in total. The number of hydrogen-bond acceptors (Lipinski definition) is 7. The van der Waals surface area contributed by atoms with Gasteiger partial charge in [-0.2, -0.15) is 0 Å². The maximum absolute atomic E-state index is 12.6. The Bertz CT molecular complexity index is 902. The van der Waals surface area contributed by atoms with Crippen LogP contribution < -0.4 is 5.73 Å². The first-order valence-electron chi connectivity index (χ1n) is 10.8. The van der Waals surface area contributed by atoms with Gasteiger partial charge in [-0.15, -0.1) is 0 Å². The van der Waals surface area contributed by atoms with Crippen molar-refractivity contribution in [3.05, 3.63) is 36.4 Å². The summed E-state index contributed by atoms with van der Waals surface area (Å²) < 4.78 is 5.55. The van der Waals surface area contributed by atoms with Crippen molar-refractivity contribution >= 4 is 17.8 Å². The molecule has 9 heteroatoms. The highest BCUT2D eigenvalue weighted by Gasteiger charge is 2.26. The van der Waals surface area contributed by atoms with Crippen molar-refractivity contribution in [2.45, 2.75) is 31.6 Å². The van der Waals surface area contributed by atoms with Gasteiger partial charge in [-0.05, 0) is 25.3 Å². The van der Waals surface area contributed by atoms with E-state index < -0.39 is 0 Å². The van der Waals surface area contributed by atoms with Crippen molar-refractivity contribution < 1.29 is 14.3 Å². The van der Waals surface area contributed by atoms with E-state index in [-0.39, 0.29) is 30.3 Å². The summed E-state index contributed by atoms with van der Waals surface area (Å²) in [4.78, 5) is 40.5. The molecule has 2 aromatic rings. The van der Waals surface area contributed by atoms with Crippen molar-refractivity contribution in [1.29, 1.82) is 0 Å². The lowest BCUT2D eigenvalue weighted by atomic mass is 9.93. The molecule has 1 unspecified atom stereocenters. The smallest absolute Gasteiger partial charge is 0.248 e. The number of rotatable bonds is 7. The number of aromatic nitrogens is 3. The van der Waals surface area contributed by atoms with Crippen molar-refractivity contribution in [2.75, 3.05) is 45.1 Å². The summed E-state index contributed by atoms with van der Waals surface area (Å²) in [5.41, 5.74) is 8.31. The van der Waals surface area contributed by atoms with Crippen LogP contribution in [0, 0.1) is 0 Å². The van der Waals surface area contributed by atoms with Crippen LogP contribution in [0.15, 0.2) is 30.7 Å². The average molecular weight is 425 g/mol. The van der Waals surface area contributed by atoms with Gasteiger partial charge in [0, 0.05) is 73.9 Å². The fourth-order valence-corrected chi connectivity index (χ4v) is 4.12. The van der Waals surface area contributed by atoms with Crippen LogP contribution in [0.1, 0.15) is 37.3 Å². The Balaban J connectivity index is 1.27. The molecule has 2 saturated heterocycles. The molecule has 0 bridgehead atoms. The molecule has 2 amide bonds. The van der Waals surface area contributed by atoms with Crippen molar-refractivity contribution in [1.82, 2.24) is 24.8 Å². The molecular weight excluding hydrogens is 396 g/mol. The van der Waals surface area contributed by atoms with Crippen molar-refractivity contribution in [3.8, 4) is 11.1 Å². The van der Waals surface area contributed by atoms with Gasteiger partial charge in [0.05, 0.1) is 6.61 Å². The molecule has 2 fully saturated rings. The fraction of sp³-hybridized carbons (Fsp3) is 0.500. The Morgan fingerprint density at radius 1 is 1.10 bits per heavy atom. The molecule has 4 rings (SSSR count). The minimum atomic E-state index is -0.00640. The highest BCUT2D eigenvalue weighted by molar-refractivity contribution is 5.78. The van der Waals surface area contributed by atoms with E-state index in [1.807, 2.05) is 23.2 Å². The molecule has 0 aliphatic carbocycles. The Hall–Kier alpha value is -3.07. The van der Waals surface area contributed by atoms with Crippen LogP contribution in [0.25, 0.3) is 11.1 Å². The van der Waals surface area contributed by atoms with Crippen LogP contribution >= 0.6 is 0 Å². The normalized spacial score (nSPS) is 19.1. The number of carbonyl (C=O) groups is 2. The summed E-state index contributed by atoms with van der Waals surface area (Å²) in [6.45, 7) is 3.18. The second kappa shape index (κ2) is 9.82. The first-order chi connectivity index (χ1) is 15.1. The predicted molar refractivity (Wildman–Crippen MR) is 115 cm³/mol. The first kappa shape index (κ1) is 21.2. The Kier molecular flexibility index (Phi) is 6.71. The van der Waals surface area contributed by atoms with Gasteiger partial charge in [0.25, 0.3) is 0 Å². The third kappa shape index (κ3) is 5.35. The number of anilines is 1. The molecule has 0 radical (unpaired) electrons. The summed E-state index contributed by atoms with van der Waals surface area (Å²) in [5, 5.41) is 0. The molecule has 2 aliphatic rings. The zero-order valence-corrected chi connectivity index (χ0v) is 17.6. The number of amides is 2. The molecule has 0 spiro atoms. The molecule has 0 aromatic carbocycles. The third-order valence-electron chi connectivity index (χ3n) is 5.89. The average Bonchev–Trinajstić information content (AvgIpc) is 3.22. The number of nitrogens with two attached hydrogens (primary N) is 1. The monoisotopic (exact) mass is 424 g/mol. The lowest BCUT2D eigenvalue weighted by Crippen LogP contribution is -2.41. The van der Waals surface area contributed by atoms with E-state index in [4.69, 9.17) is 10.5 Å². The minimum Gasteiger partial charge on any atom is -0.370 e. The number of pyridine rings is 1. The Morgan fingerprint density at radius 3 is 2.61 bits per heavy atom. The van der Waals surface area contributed by atoms with Crippen LogP contribution in [0.4, 0.5) is 5.95 Å². The summed E-state index contributed by atoms with van der Waals surface area (Å²) in [5.74, 6) is 0.620. The number of carbonyl (C=O) groups excluding carboxylic acids is 2.